The van der Waals surface area contributed by atoms with Crippen LogP contribution in [-0.2, 0) is 4.84 Å². The van der Waals surface area contributed by atoms with Gasteiger partial charge in [-0.15, -0.1) is 0 Å². The zero-order valence-electron chi connectivity index (χ0n) is 5.32. The average Bonchev–Trinajstić information content (AvgIpc) is 2.10. The Labute approximate surface area is 53.6 Å². The third-order valence-electron chi connectivity index (χ3n) is 1.49. The molecule has 0 aromatic heterocycles. The topological polar surface area (TPSA) is 52.9 Å². The summed E-state index contributed by atoms with van der Waals surface area (Å²) in [5.41, 5.74) is 0. The number of aliphatic hydroxyl groups is 2. The Balaban J connectivity index is 2.38. The van der Waals surface area contributed by atoms with Crippen LogP contribution in [0.4, 0.5) is 0 Å². The molecule has 1 aliphatic rings. The van der Waals surface area contributed by atoms with E-state index in [4.69, 9.17) is 15.1 Å². The SMILES string of the molecule is CN1OC(O)C[C@@H]1CO. The second-order valence-corrected chi connectivity index (χ2v) is 2.18. The molecule has 1 rings (SSSR count). The third kappa shape index (κ3) is 1.40. The predicted molar refractivity (Wildman–Crippen MR) is 30.3 cm³/mol. The lowest BCUT2D eigenvalue weighted by molar-refractivity contribution is -0.210. The highest BCUT2D eigenvalue weighted by atomic mass is 16.8. The Morgan fingerprint density at radius 3 is 2.67 bits per heavy atom. The molecule has 1 saturated heterocycles. The van der Waals surface area contributed by atoms with E-state index in [-0.39, 0.29) is 12.6 Å². The average molecular weight is 133 g/mol. The lowest BCUT2D eigenvalue weighted by atomic mass is 10.2. The summed E-state index contributed by atoms with van der Waals surface area (Å²) in [4.78, 5) is 4.79. The van der Waals surface area contributed by atoms with Gasteiger partial charge in [-0.3, -0.25) is 4.84 Å². The van der Waals surface area contributed by atoms with Crippen LogP contribution in [0.15, 0.2) is 0 Å². The summed E-state index contributed by atoms with van der Waals surface area (Å²) >= 11 is 0. The van der Waals surface area contributed by atoms with E-state index >= 15 is 0 Å². The highest BCUT2D eigenvalue weighted by molar-refractivity contribution is 4.68. The summed E-state index contributed by atoms with van der Waals surface area (Å²) in [5, 5.41) is 18.9. The summed E-state index contributed by atoms with van der Waals surface area (Å²) < 4.78 is 0. The summed E-state index contributed by atoms with van der Waals surface area (Å²) in [6.07, 6.45) is -0.236. The van der Waals surface area contributed by atoms with E-state index in [9.17, 15) is 0 Å². The molecular formula is C5H11NO3. The second kappa shape index (κ2) is 2.62. The molecule has 0 radical (unpaired) electrons. The molecular weight excluding hydrogens is 122 g/mol. The van der Waals surface area contributed by atoms with E-state index in [2.05, 4.69) is 0 Å². The lowest BCUT2D eigenvalue weighted by Gasteiger charge is -2.12. The standard InChI is InChI=1S/C5H11NO3/c1-6-4(3-7)2-5(8)9-6/h4-5,7-8H,2-3H2,1H3/t4-,5?/m1/s1. The van der Waals surface area contributed by atoms with Crippen LogP contribution < -0.4 is 0 Å². The molecule has 1 unspecified atom stereocenters. The molecule has 4 nitrogen and oxygen atoms in total. The molecule has 0 aromatic rings. The van der Waals surface area contributed by atoms with Gasteiger partial charge in [0, 0.05) is 13.5 Å². The number of nitrogens with zero attached hydrogens (tertiary/aromatic N) is 1. The van der Waals surface area contributed by atoms with Crippen molar-refractivity contribution in [1.82, 2.24) is 5.06 Å². The highest BCUT2D eigenvalue weighted by Crippen LogP contribution is 2.15. The van der Waals surface area contributed by atoms with Crippen LogP contribution in [0.2, 0.25) is 0 Å². The molecule has 1 heterocycles. The van der Waals surface area contributed by atoms with Crippen LogP contribution in [0.3, 0.4) is 0 Å². The fourth-order valence-corrected chi connectivity index (χ4v) is 0.892. The highest BCUT2D eigenvalue weighted by Gasteiger charge is 2.28. The van der Waals surface area contributed by atoms with Crippen molar-refractivity contribution in [1.29, 1.82) is 0 Å². The quantitative estimate of drug-likeness (QED) is 0.478. The Morgan fingerprint density at radius 1 is 1.78 bits per heavy atom. The minimum atomic E-state index is -0.729. The largest absolute Gasteiger partial charge is 0.395 e. The van der Waals surface area contributed by atoms with Crippen LogP contribution in [0.5, 0.6) is 0 Å². The molecule has 0 spiro atoms. The summed E-state index contributed by atoms with van der Waals surface area (Å²) in [6.45, 7) is 0.0353. The monoisotopic (exact) mass is 133 g/mol. The van der Waals surface area contributed by atoms with E-state index in [1.165, 1.54) is 5.06 Å². The van der Waals surface area contributed by atoms with Gasteiger partial charge in [0.1, 0.15) is 0 Å². The van der Waals surface area contributed by atoms with E-state index in [1.54, 1.807) is 7.05 Å². The van der Waals surface area contributed by atoms with Crippen molar-refractivity contribution in [2.75, 3.05) is 13.7 Å². The van der Waals surface area contributed by atoms with Crippen molar-refractivity contribution in [3.8, 4) is 0 Å². The van der Waals surface area contributed by atoms with Gasteiger partial charge in [0.25, 0.3) is 0 Å². The van der Waals surface area contributed by atoms with Crippen molar-refractivity contribution in [2.45, 2.75) is 18.8 Å². The van der Waals surface area contributed by atoms with Crippen molar-refractivity contribution in [3.63, 3.8) is 0 Å². The Morgan fingerprint density at radius 2 is 2.44 bits per heavy atom. The van der Waals surface area contributed by atoms with Gasteiger partial charge in [0.05, 0.1) is 12.6 Å². The van der Waals surface area contributed by atoms with Gasteiger partial charge in [-0.1, -0.05) is 0 Å². The van der Waals surface area contributed by atoms with Crippen molar-refractivity contribution < 1.29 is 15.1 Å². The minimum Gasteiger partial charge on any atom is -0.395 e. The number of hydrogen-bond acceptors (Lipinski definition) is 4. The molecule has 54 valence electrons. The van der Waals surface area contributed by atoms with E-state index < -0.39 is 6.29 Å². The van der Waals surface area contributed by atoms with E-state index in [1.807, 2.05) is 0 Å². The first-order valence-electron chi connectivity index (χ1n) is 2.92. The first-order chi connectivity index (χ1) is 4.24. The fraction of sp³-hybridized carbons (Fsp3) is 1.00. The van der Waals surface area contributed by atoms with Gasteiger partial charge < -0.3 is 10.2 Å². The smallest absolute Gasteiger partial charge is 0.176 e. The van der Waals surface area contributed by atoms with Gasteiger partial charge in [0.2, 0.25) is 0 Å². The Hall–Kier alpha value is -0.160. The molecule has 4 heteroatoms. The zero-order valence-corrected chi connectivity index (χ0v) is 5.32. The van der Waals surface area contributed by atoms with Crippen molar-refractivity contribution >= 4 is 0 Å². The zero-order chi connectivity index (χ0) is 6.85. The van der Waals surface area contributed by atoms with Crippen LogP contribution in [0.25, 0.3) is 0 Å². The number of likely N-dealkylation sites (N-methyl/N-ethyl adjacent to an activating group) is 1. The molecule has 1 fully saturated rings. The molecule has 9 heavy (non-hydrogen) atoms. The number of aliphatic hydroxyl groups excluding tert-OH is 2. The molecule has 0 aromatic carbocycles. The molecule has 1 aliphatic heterocycles. The molecule has 0 bridgehead atoms. The van der Waals surface area contributed by atoms with E-state index in [0.29, 0.717) is 6.42 Å². The molecule has 0 amide bonds. The fourth-order valence-electron chi connectivity index (χ4n) is 0.892. The van der Waals surface area contributed by atoms with Gasteiger partial charge in [-0.25, -0.2) is 0 Å². The van der Waals surface area contributed by atoms with Crippen molar-refractivity contribution in [2.24, 2.45) is 0 Å². The molecule has 0 saturated carbocycles. The Kier molecular flexibility index (Phi) is 2.02. The van der Waals surface area contributed by atoms with Gasteiger partial charge >= 0.3 is 0 Å². The number of rotatable bonds is 1. The van der Waals surface area contributed by atoms with Crippen LogP contribution >= 0.6 is 0 Å². The van der Waals surface area contributed by atoms with Gasteiger partial charge in [-0.05, 0) is 0 Å². The Bertz CT molecular complexity index is 98.2. The van der Waals surface area contributed by atoms with Crippen LogP contribution in [0, 0.1) is 0 Å². The normalized spacial score (nSPS) is 37.7. The maximum Gasteiger partial charge on any atom is 0.176 e. The van der Waals surface area contributed by atoms with Gasteiger partial charge in [-0.2, -0.15) is 5.06 Å². The summed E-state index contributed by atoms with van der Waals surface area (Å²) in [7, 11) is 1.69. The molecule has 0 aliphatic carbocycles. The summed E-state index contributed by atoms with van der Waals surface area (Å²) in [5.74, 6) is 0. The minimum absolute atomic E-state index is 0.0353. The molecule has 2 N–H and O–H groups in total. The predicted octanol–water partition coefficient (Wildman–Crippen LogP) is -1.07. The number of hydrogen-bond donors (Lipinski definition) is 2. The maximum absolute atomic E-state index is 8.83. The van der Waals surface area contributed by atoms with Crippen LogP contribution in [-0.4, -0.2) is 41.3 Å². The summed E-state index contributed by atoms with van der Waals surface area (Å²) in [6, 6.07) is -0.0417. The number of hydroxylamine groups is 2. The molecule has 2 atom stereocenters. The van der Waals surface area contributed by atoms with Gasteiger partial charge in [0.15, 0.2) is 6.29 Å². The first kappa shape index (κ1) is 6.95. The lowest BCUT2D eigenvalue weighted by Crippen LogP contribution is -2.26. The van der Waals surface area contributed by atoms with Crippen LogP contribution in [0.1, 0.15) is 6.42 Å². The van der Waals surface area contributed by atoms with E-state index in [0.717, 1.165) is 0 Å². The second-order valence-electron chi connectivity index (χ2n) is 2.18. The maximum atomic E-state index is 8.83. The first-order valence-corrected chi connectivity index (χ1v) is 2.92. The third-order valence-corrected chi connectivity index (χ3v) is 1.49. The van der Waals surface area contributed by atoms with Crippen molar-refractivity contribution in [3.05, 3.63) is 0 Å².